The molecule has 7 heteroatoms. The number of nitrogens with one attached hydrogen (secondary N) is 1. The van der Waals surface area contributed by atoms with E-state index in [0.29, 0.717) is 24.4 Å². The molecule has 0 aromatic heterocycles. The molecule has 0 unspecified atom stereocenters. The van der Waals surface area contributed by atoms with Crippen LogP contribution in [0.1, 0.15) is 11.7 Å². The van der Waals surface area contributed by atoms with Gasteiger partial charge in [0.25, 0.3) is 0 Å². The summed E-state index contributed by atoms with van der Waals surface area (Å²) in [5, 5.41) is 2.69. The molecule has 2 aromatic carbocycles. The predicted octanol–water partition coefficient (Wildman–Crippen LogP) is 3.58. The molecular weight excluding hydrogens is 330 g/mol. The van der Waals surface area contributed by atoms with Crippen molar-refractivity contribution in [3.63, 3.8) is 0 Å². The van der Waals surface area contributed by atoms with Gasteiger partial charge in [-0.25, -0.2) is 13.6 Å². The summed E-state index contributed by atoms with van der Waals surface area (Å²) in [6.07, 6.45) is -0.532. The lowest BCUT2D eigenvalue weighted by Crippen LogP contribution is -2.44. The average molecular weight is 348 g/mol. The number of carbonyl (C=O) groups excluding carboxylic acids is 1. The highest BCUT2D eigenvalue weighted by molar-refractivity contribution is 5.91. The highest BCUT2D eigenvalue weighted by atomic mass is 19.1. The van der Waals surface area contributed by atoms with Crippen molar-refractivity contribution in [3.8, 4) is 5.75 Å². The minimum absolute atomic E-state index is 0.219. The molecule has 0 saturated carbocycles. The van der Waals surface area contributed by atoms with Crippen LogP contribution in [0.4, 0.5) is 19.3 Å². The maximum atomic E-state index is 13.9. The molecular formula is C18H18F2N2O3. The molecule has 0 spiro atoms. The minimum Gasteiger partial charge on any atom is -0.494 e. The fourth-order valence-electron chi connectivity index (χ4n) is 2.72. The second kappa shape index (κ2) is 7.48. The number of hydrogen-bond donors (Lipinski definition) is 1. The zero-order chi connectivity index (χ0) is 17.8. The highest BCUT2D eigenvalue weighted by Gasteiger charge is 2.27. The van der Waals surface area contributed by atoms with Gasteiger partial charge in [0.1, 0.15) is 23.5 Å². The van der Waals surface area contributed by atoms with Crippen LogP contribution in [0.15, 0.2) is 42.5 Å². The standard InChI is InChI=1S/C18H18F2N2O3/c1-24-16-10-12(19)6-7-15(16)21-18(23)22-8-9-25-17(11-22)13-4-2-3-5-14(13)20/h2-7,10,17H,8-9,11H2,1H3,(H,21,23)/t17-/m0/s1. The molecule has 1 atom stereocenters. The van der Waals surface area contributed by atoms with Gasteiger partial charge in [-0.1, -0.05) is 18.2 Å². The van der Waals surface area contributed by atoms with E-state index in [1.165, 1.54) is 36.3 Å². The van der Waals surface area contributed by atoms with Crippen LogP contribution in [0.3, 0.4) is 0 Å². The quantitative estimate of drug-likeness (QED) is 0.922. The fraction of sp³-hybridized carbons (Fsp3) is 0.278. The number of anilines is 1. The monoisotopic (exact) mass is 348 g/mol. The number of morpholine rings is 1. The zero-order valence-electron chi connectivity index (χ0n) is 13.7. The Morgan fingerprint density at radius 2 is 2.08 bits per heavy atom. The number of nitrogens with zero attached hydrogens (tertiary/aromatic N) is 1. The van der Waals surface area contributed by atoms with Crippen molar-refractivity contribution in [3.05, 3.63) is 59.7 Å². The first-order valence-electron chi connectivity index (χ1n) is 7.84. The van der Waals surface area contributed by atoms with Crippen LogP contribution in [0.25, 0.3) is 0 Å². The van der Waals surface area contributed by atoms with Gasteiger partial charge >= 0.3 is 6.03 Å². The molecule has 2 amide bonds. The lowest BCUT2D eigenvalue weighted by Gasteiger charge is -2.33. The molecule has 3 rings (SSSR count). The Labute approximate surface area is 144 Å². The number of halogens is 2. The number of amides is 2. The van der Waals surface area contributed by atoms with Gasteiger partial charge in [0, 0.05) is 18.2 Å². The maximum absolute atomic E-state index is 13.9. The van der Waals surface area contributed by atoms with Crippen molar-refractivity contribution >= 4 is 11.7 Å². The number of carbonyl (C=O) groups is 1. The van der Waals surface area contributed by atoms with Gasteiger partial charge in [0.05, 0.1) is 25.9 Å². The number of urea groups is 1. The lowest BCUT2D eigenvalue weighted by molar-refractivity contribution is -0.0152. The van der Waals surface area contributed by atoms with Gasteiger partial charge in [-0.2, -0.15) is 0 Å². The molecule has 25 heavy (non-hydrogen) atoms. The summed E-state index contributed by atoms with van der Waals surface area (Å²) in [5.41, 5.74) is 0.780. The lowest BCUT2D eigenvalue weighted by atomic mass is 10.1. The Morgan fingerprint density at radius 3 is 2.84 bits per heavy atom. The van der Waals surface area contributed by atoms with E-state index >= 15 is 0 Å². The third-order valence-corrected chi connectivity index (χ3v) is 4.01. The molecule has 0 aliphatic carbocycles. The first-order chi connectivity index (χ1) is 12.1. The number of hydrogen-bond acceptors (Lipinski definition) is 3. The van der Waals surface area contributed by atoms with Crippen molar-refractivity contribution < 1.29 is 23.0 Å². The van der Waals surface area contributed by atoms with Gasteiger partial charge < -0.3 is 19.7 Å². The predicted molar refractivity (Wildman–Crippen MR) is 88.6 cm³/mol. The van der Waals surface area contributed by atoms with Crippen molar-refractivity contribution in [2.45, 2.75) is 6.10 Å². The maximum Gasteiger partial charge on any atom is 0.322 e. The van der Waals surface area contributed by atoms with Gasteiger partial charge in [-0.15, -0.1) is 0 Å². The van der Waals surface area contributed by atoms with Crippen LogP contribution in [0, 0.1) is 11.6 Å². The van der Waals surface area contributed by atoms with E-state index in [0.717, 1.165) is 0 Å². The summed E-state index contributed by atoms with van der Waals surface area (Å²) in [6, 6.07) is 9.81. The molecule has 2 aromatic rings. The van der Waals surface area contributed by atoms with E-state index < -0.39 is 11.9 Å². The second-order valence-electron chi connectivity index (χ2n) is 5.60. The van der Waals surface area contributed by atoms with E-state index in [1.54, 1.807) is 18.2 Å². The van der Waals surface area contributed by atoms with E-state index in [1.807, 2.05) is 0 Å². The summed E-state index contributed by atoms with van der Waals surface area (Å²) in [7, 11) is 1.40. The van der Waals surface area contributed by atoms with E-state index in [2.05, 4.69) is 5.32 Å². The number of rotatable bonds is 3. The molecule has 1 aliphatic heterocycles. The molecule has 1 fully saturated rings. The smallest absolute Gasteiger partial charge is 0.322 e. The Morgan fingerprint density at radius 1 is 1.28 bits per heavy atom. The Balaban J connectivity index is 1.71. The SMILES string of the molecule is COc1cc(F)ccc1NC(=O)N1CCO[C@H](c2ccccc2F)C1. The van der Waals surface area contributed by atoms with E-state index in [4.69, 9.17) is 9.47 Å². The van der Waals surface area contributed by atoms with Crippen molar-refractivity contribution in [1.82, 2.24) is 4.90 Å². The topological polar surface area (TPSA) is 50.8 Å². The van der Waals surface area contributed by atoms with Crippen LogP contribution in [0.2, 0.25) is 0 Å². The number of benzene rings is 2. The van der Waals surface area contributed by atoms with Crippen LogP contribution in [0.5, 0.6) is 5.75 Å². The molecule has 1 N–H and O–H groups in total. The number of ether oxygens (including phenoxy) is 2. The van der Waals surface area contributed by atoms with Crippen LogP contribution < -0.4 is 10.1 Å². The second-order valence-corrected chi connectivity index (χ2v) is 5.60. The molecule has 1 aliphatic rings. The average Bonchev–Trinajstić information content (AvgIpc) is 2.63. The normalized spacial score (nSPS) is 17.2. The fourth-order valence-corrected chi connectivity index (χ4v) is 2.72. The minimum atomic E-state index is -0.532. The largest absolute Gasteiger partial charge is 0.494 e. The van der Waals surface area contributed by atoms with Crippen molar-refractivity contribution in [2.24, 2.45) is 0 Å². The van der Waals surface area contributed by atoms with Crippen LogP contribution in [-0.4, -0.2) is 37.7 Å². The van der Waals surface area contributed by atoms with Crippen molar-refractivity contribution in [1.29, 1.82) is 0 Å². The Hall–Kier alpha value is -2.67. The third kappa shape index (κ3) is 3.88. The van der Waals surface area contributed by atoms with Crippen molar-refractivity contribution in [2.75, 3.05) is 32.1 Å². The van der Waals surface area contributed by atoms with Crippen LogP contribution >= 0.6 is 0 Å². The molecule has 5 nitrogen and oxygen atoms in total. The molecule has 0 radical (unpaired) electrons. The molecule has 1 heterocycles. The Bertz CT molecular complexity index is 770. The van der Waals surface area contributed by atoms with E-state index in [9.17, 15) is 13.6 Å². The van der Waals surface area contributed by atoms with Crippen LogP contribution in [-0.2, 0) is 4.74 Å². The van der Waals surface area contributed by atoms with Gasteiger partial charge in [-0.05, 0) is 18.2 Å². The molecule has 1 saturated heterocycles. The molecule has 132 valence electrons. The summed E-state index contributed by atoms with van der Waals surface area (Å²) in [6.45, 7) is 0.892. The highest BCUT2D eigenvalue weighted by Crippen LogP contribution is 2.27. The van der Waals surface area contributed by atoms with Gasteiger partial charge in [0.2, 0.25) is 0 Å². The zero-order valence-corrected chi connectivity index (χ0v) is 13.7. The Kier molecular flexibility index (Phi) is 5.14. The van der Waals surface area contributed by atoms with E-state index in [-0.39, 0.29) is 24.1 Å². The van der Waals surface area contributed by atoms with Gasteiger partial charge in [0.15, 0.2) is 0 Å². The number of methoxy groups -OCH3 is 1. The summed E-state index contributed by atoms with van der Waals surface area (Å²) in [4.78, 5) is 14.0. The summed E-state index contributed by atoms with van der Waals surface area (Å²) >= 11 is 0. The van der Waals surface area contributed by atoms with Gasteiger partial charge in [-0.3, -0.25) is 0 Å². The first-order valence-corrected chi connectivity index (χ1v) is 7.84. The summed E-state index contributed by atoms with van der Waals surface area (Å²) < 4.78 is 37.9. The molecule has 0 bridgehead atoms. The first kappa shape index (κ1) is 17.2. The summed E-state index contributed by atoms with van der Waals surface area (Å²) in [5.74, 6) is -0.594. The third-order valence-electron chi connectivity index (χ3n) is 4.01.